The minimum atomic E-state index is -0.542. The summed E-state index contributed by atoms with van der Waals surface area (Å²) >= 11 is 0. The van der Waals surface area contributed by atoms with E-state index in [1.165, 1.54) is 5.57 Å². The SMILES string of the molecule is C[C@H]1CCC=C2C[C@H]3OC(=O)[C@H](CN4CCN(c5ccc(C#N)cc5)CC4)[C@H]3[C@H](O)[C@@]21C. The molecule has 32 heavy (non-hydrogen) atoms. The van der Waals surface area contributed by atoms with Crippen molar-refractivity contribution in [1.29, 1.82) is 5.26 Å². The molecule has 2 saturated heterocycles. The van der Waals surface area contributed by atoms with Gasteiger partial charge in [0.2, 0.25) is 0 Å². The summed E-state index contributed by atoms with van der Waals surface area (Å²) in [6.07, 6.45) is 4.47. The zero-order valence-electron chi connectivity index (χ0n) is 19.0. The first kappa shape index (κ1) is 21.5. The summed E-state index contributed by atoms with van der Waals surface area (Å²) in [4.78, 5) is 17.6. The Morgan fingerprint density at radius 3 is 2.62 bits per heavy atom. The van der Waals surface area contributed by atoms with Gasteiger partial charge in [0.1, 0.15) is 6.10 Å². The highest BCUT2D eigenvalue weighted by Gasteiger charge is 2.59. The third-order valence-electron chi connectivity index (χ3n) is 8.76. The predicted octanol–water partition coefficient (Wildman–Crippen LogP) is 2.97. The molecule has 1 aromatic rings. The van der Waals surface area contributed by atoms with Crippen molar-refractivity contribution in [2.45, 2.75) is 45.3 Å². The fourth-order valence-corrected chi connectivity index (χ4v) is 6.49. The number of carbonyl (C=O) groups is 1. The predicted molar refractivity (Wildman–Crippen MR) is 122 cm³/mol. The van der Waals surface area contributed by atoms with E-state index >= 15 is 0 Å². The Bertz CT molecular complexity index is 944. The number of carbonyl (C=O) groups excluding carboxylic acids is 1. The minimum Gasteiger partial charge on any atom is -0.461 e. The first-order valence-corrected chi connectivity index (χ1v) is 12.0. The summed E-state index contributed by atoms with van der Waals surface area (Å²) in [5.41, 5.74) is 2.84. The third-order valence-corrected chi connectivity index (χ3v) is 8.76. The number of nitriles is 1. The van der Waals surface area contributed by atoms with Gasteiger partial charge in [-0.3, -0.25) is 9.69 Å². The molecule has 6 heteroatoms. The van der Waals surface area contributed by atoms with Gasteiger partial charge in [0.05, 0.1) is 23.7 Å². The van der Waals surface area contributed by atoms with Crippen molar-refractivity contribution in [1.82, 2.24) is 4.90 Å². The molecule has 4 aliphatic rings. The van der Waals surface area contributed by atoms with Crippen molar-refractivity contribution in [3.8, 4) is 6.07 Å². The summed E-state index contributed by atoms with van der Waals surface area (Å²) in [5.74, 6) is -0.111. The number of anilines is 1. The van der Waals surface area contributed by atoms with Gasteiger partial charge >= 0.3 is 5.97 Å². The number of esters is 1. The van der Waals surface area contributed by atoms with Crippen LogP contribution in [0.2, 0.25) is 0 Å². The Morgan fingerprint density at radius 2 is 1.94 bits per heavy atom. The van der Waals surface area contributed by atoms with Crippen LogP contribution in [0.5, 0.6) is 0 Å². The first-order valence-electron chi connectivity index (χ1n) is 12.0. The van der Waals surface area contributed by atoms with Crippen molar-refractivity contribution in [2.24, 2.45) is 23.2 Å². The number of fused-ring (bicyclic) bond motifs is 2. The maximum Gasteiger partial charge on any atom is 0.311 e. The number of aliphatic hydroxyl groups excluding tert-OH is 1. The van der Waals surface area contributed by atoms with Gasteiger partial charge in [0, 0.05) is 56.2 Å². The molecule has 5 rings (SSSR count). The van der Waals surface area contributed by atoms with E-state index in [4.69, 9.17) is 10.00 Å². The Labute approximate surface area is 190 Å². The average molecular weight is 436 g/mol. The van der Waals surface area contributed by atoms with Crippen LogP contribution in [-0.2, 0) is 9.53 Å². The van der Waals surface area contributed by atoms with Crippen molar-refractivity contribution >= 4 is 11.7 Å². The average Bonchev–Trinajstić information content (AvgIpc) is 3.11. The number of ether oxygens (including phenoxy) is 1. The molecule has 0 bridgehead atoms. The quantitative estimate of drug-likeness (QED) is 0.581. The van der Waals surface area contributed by atoms with Crippen LogP contribution >= 0.6 is 0 Å². The Balaban J connectivity index is 1.26. The molecule has 0 radical (unpaired) electrons. The number of rotatable bonds is 3. The second kappa shape index (κ2) is 8.20. The lowest BCUT2D eigenvalue weighted by Crippen LogP contribution is -2.55. The van der Waals surface area contributed by atoms with Crippen LogP contribution in [0.15, 0.2) is 35.9 Å². The lowest BCUT2D eigenvalue weighted by molar-refractivity contribution is -0.145. The van der Waals surface area contributed by atoms with E-state index in [0.717, 1.165) is 51.1 Å². The molecule has 0 spiro atoms. The fraction of sp³-hybridized carbons (Fsp3) is 0.615. The molecule has 2 heterocycles. The van der Waals surface area contributed by atoms with Gasteiger partial charge in [-0.15, -0.1) is 0 Å². The fourth-order valence-electron chi connectivity index (χ4n) is 6.49. The van der Waals surface area contributed by atoms with Gasteiger partial charge in [-0.05, 0) is 43.0 Å². The van der Waals surface area contributed by atoms with Crippen LogP contribution in [0.3, 0.4) is 0 Å². The normalized spacial score (nSPS) is 37.2. The van der Waals surface area contributed by atoms with E-state index in [2.05, 4.69) is 35.8 Å². The molecule has 0 aromatic heterocycles. The van der Waals surface area contributed by atoms with Crippen LogP contribution in [0, 0.1) is 34.5 Å². The highest BCUT2D eigenvalue weighted by Crippen LogP contribution is 2.56. The summed E-state index contributed by atoms with van der Waals surface area (Å²) in [6, 6.07) is 9.88. The van der Waals surface area contributed by atoms with Crippen LogP contribution in [0.4, 0.5) is 5.69 Å². The molecule has 0 unspecified atom stereocenters. The Kier molecular flexibility index (Phi) is 5.51. The third kappa shape index (κ3) is 3.43. The number of hydrogen-bond acceptors (Lipinski definition) is 6. The van der Waals surface area contributed by atoms with Crippen molar-refractivity contribution < 1.29 is 14.6 Å². The summed E-state index contributed by atoms with van der Waals surface area (Å²) in [7, 11) is 0. The van der Waals surface area contributed by atoms with Gasteiger partial charge in [-0.1, -0.05) is 25.5 Å². The highest BCUT2D eigenvalue weighted by atomic mass is 16.6. The molecule has 1 N–H and O–H groups in total. The van der Waals surface area contributed by atoms with Crippen molar-refractivity contribution in [2.75, 3.05) is 37.6 Å². The molecule has 170 valence electrons. The van der Waals surface area contributed by atoms with Gasteiger partial charge in [-0.25, -0.2) is 0 Å². The lowest BCUT2D eigenvalue weighted by atomic mass is 9.55. The van der Waals surface area contributed by atoms with Gasteiger partial charge in [0.25, 0.3) is 0 Å². The van der Waals surface area contributed by atoms with Crippen LogP contribution in [0.1, 0.15) is 38.7 Å². The lowest BCUT2D eigenvalue weighted by Gasteiger charge is -2.52. The van der Waals surface area contributed by atoms with E-state index in [0.29, 0.717) is 18.0 Å². The molecular formula is C26H33N3O3. The van der Waals surface area contributed by atoms with Gasteiger partial charge in [-0.2, -0.15) is 5.26 Å². The van der Waals surface area contributed by atoms with Crippen molar-refractivity contribution in [3.63, 3.8) is 0 Å². The molecule has 1 aromatic carbocycles. The van der Waals surface area contributed by atoms with E-state index in [9.17, 15) is 9.90 Å². The Hall–Kier alpha value is -2.36. The molecule has 3 fully saturated rings. The minimum absolute atomic E-state index is 0.123. The summed E-state index contributed by atoms with van der Waals surface area (Å²) in [6.45, 7) is 8.59. The summed E-state index contributed by atoms with van der Waals surface area (Å²) in [5, 5.41) is 20.5. The molecule has 0 amide bonds. The number of hydrogen-bond donors (Lipinski definition) is 1. The topological polar surface area (TPSA) is 76.8 Å². The standard InChI is InChI=1S/C26H33N3O3/c1-17-4-3-5-19-14-22-23(24(30)26(17,19)2)21(25(31)32-22)16-28-10-12-29(13-11-28)20-8-6-18(15-27)7-9-20/h5-9,17,21-24,30H,3-4,10-14,16H2,1-2H3/t17-,21+,22+,23+,24-,26+/m0/s1. The number of piperazine rings is 1. The van der Waals surface area contributed by atoms with Crippen LogP contribution in [0.25, 0.3) is 0 Å². The first-order chi connectivity index (χ1) is 15.4. The summed E-state index contributed by atoms with van der Waals surface area (Å²) < 4.78 is 5.83. The second-order valence-electron chi connectivity index (χ2n) is 10.2. The molecule has 2 aliphatic carbocycles. The van der Waals surface area contributed by atoms with E-state index in [-0.39, 0.29) is 29.3 Å². The van der Waals surface area contributed by atoms with Crippen LogP contribution in [-0.4, -0.2) is 60.9 Å². The van der Waals surface area contributed by atoms with E-state index in [1.807, 2.05) is 24.3 Å². The van der Waals surface area contributed by atoms with Crippen LogP contribution < -0.4 is 4.90 Å². The largest absolute Gasteiger partial charge is 0.461 e. The maximum absolute atomic E-state index is 12.9. The molecule has 6 nitrogen and oxygen atoms in total. The smallest absolute Gasteiger partial charge is 0.311 e. The number of aliphatic hydroxyl groups is 1. The van der Waals surface area contributed by atoms with E-state index < -0.39 is 6.10 Å². The van der Waals surface area contributed by atoms with Gasteiger partial charge in [0.15, 0.2) is 0 Å². The monoisotopic (exact) mass is 435 g/mol. The van der Waals surface area contributed by atoms with E-state index in [1.54, 1.807) is 0 Å². The number of allylic oxidation sites excluding steroid dienone is 1. The zero-order valence-corrected chi connectivity index (χ0v) is 19.0. The zero-order chi connectivity index (χ0) is 22.5. The number of nitrogens with zero attached hydrogens (tertiary/aromatic N) is 3. The number of benzene rings is 1. The van der Waals surface area contributed by atoms with Gasteiger partial charge < -0.3 is 14.7 Å². The van der Waals surface area contributed by atoms with Crippen molar-refractivity contribution in [3.05, 3.63) is 41.5 Å². The molecule has 2 aliphatic heterocycles. The molecule has 6 atom stereocenters. The highest BCUT2D eigenvalue weighted by molar-refractivity contribution is 5.76. The second-order valence-corrected chi connectivity index (χ2v) is 10.2. The Morgan fingerprint density at radius 1 is 1.22 bits per heavy atom. The molecular weight excluding hydrogens is 402 g/mol. The molecule has 1 saturated carbocycles. The maximum atomic E-state index is 12.9.